The lowest BCUT2D eigenvalue weighted by Crippen LogP contribution is -2.09. The van der Waals surface area contributed by atoms with E-state index in [0.717, 1.165) is 49.4 Å². The number of hydrogen-bond donors (Lipinski definition) is 1. The van der Waals surface area contributed by atoms with Crippen LogP contribution in [0.2, 0.25) is 0 Å². The third kappa shape index (κ3) is 3.39. The maximum atomic E-state index is 9.94. The van der Waals surface area contributed by atoms with E-state index in [1.165, 1.54) is 5.56 Å². The number of aliphatic hydroxyl groups is 1. The molecular weight excluding hydrogens is 232 g/mol. The monoisotopic (exact) mass is 252 g/mol. The van der Waals surface area contributed by atoms with Gasteiger partial charge in [0.15, 0.2) is 0 Å². The molecule has 0 amide bonds. The molecule has 0 unspecified atom stereocenters. The molecule has 94 valence electrons. The van der Waals surface area contributed by atoms with Gasteiger partial charge >= 0.3 is 0 Å². The molecular formula is C14H20O2S. The molecule has 0 fully saturated rings. The molecule has 3 heteroatoms. The Morgan fingerprint density at radius 3 is 3.18 bits per heavy atom. The quantitative estimate of drug-likeness (QED) is 0.816. The van der Waals surface area contributed by atoms with Crippen LogP contribution >= 0.6 is 11.8 Å². The van der Waals surface area contributed by atoms with Crippen LogP contribution in [0.3, 0.4) is 0 Å². The summed E-state index contributed by atoms with van der Waals surface area (Å²) in [5.41, 5.74) is 2.35. The number of ether oxygens (including phenoxy) is 1. The molecule has 1 aromatic carbocycles. The number of aryl methyl sites for hydroxylation is 1. The topological polar surface area (TPSA) is 29.5 Å². The van der Waals surface area contributed by atoms with Crippen molar-refractivity contribution >= 4 is 11.8 Å². The third-order valence-electron chi connectivity index (χ3n) is 3.16. The number of thioether (sulfide) groups is 1. The highest BCUT2D eigenvalue weighted by atomic mass is 32.2. The van der Waals surface area contributed by atoms with Crippen LogP contribution in [0.4, 0.5) is 0 Å². The summed E-state index contributed by atoms with van der Waals surface area (Å²) >= 11 is 1.84. The lowest BCUT2D eigenvalue weighted by molar-refractivity contribution is 0.156. The molecule has 1 aliphatic rings. The molecule has 0 radical (unpaired) electrons. The molecule has 1 aliphatic carbocycles. The Labute approximate surface area is 107 Å². The van der Waals surface area contributed by atoms with E-state index < -0.39 is 0 Å². The van der Waals surface area contributed by atoms with Crippen LogP contribution in [-0.2, 0) is 6.42 Å². The van der Waals surface area contributed by atoms with Crippen molar-refractivity contribution in [2.45, 2.75) is 31.8 Å². The zero-order chi connectivity index (χ0) is 12.1. The molecule has 1 aromatic rings. The first-order chi connectivity index (χ1) is 8.31. The summed E-state index contributed by atoms with van der Waals surface area (Å²) in [5, 5.41) is 9.94. The smallest absolute Gasteiger partial charge is 0.119 e. The van der Waals surface area contributed by atoms with E-state index in [2.05, 4.69) is 12.3 Å². The van der Waals surface area contributed by atoms with E-state index in [9.17, 15) is 5.11 Å². The lowest BCUT2D eigenvalue weighted by Gasteiger charge is -2.21. The zero-order valence-corrected chi connectivity index (χ0v) is 11.1. The maximum absolute atomic E-state index is 9.94. The molecule has 0 saturated carbocycles. The molecule has 1 N–H and O–H groups in total. The van der Waals surface area contributed by atoms with Crippen molar-refractivity contribution in [2.24, 2.45) is 0 Å². The highest BCUT2D eigenvalue weighted by Gasteiger charge is 2.18. The van der Waals surface area contributed by atoms with Gasteiger partial charge in [0.25, 0.3) is 0 Å². The first kappa shape index (κ1) is 12.8. The minimum atomic E-state index is -0.298. The van der Waals surface area contributed by atoms with Crippen molar-refractivity contribution in [3.05, 3.63) is 29.3 Å². The van der Waals surface area contributed by atoms with E-state index in [1.807, 2.05) is 23.9 Å². The van der Waals surface area contributed by atoms with Crippen LogP contribution in [0.5, 0.6) is 5.75 Å². The maximum Gasteiger partial charge on any atom is 0.119 e. The van der Waals surface area contributed by atoms with Gasteiger partial charge in [-0.05, 0) is 61.0 Å². The van der Waals surface area contributed by atoms with Gasteiger partial charge in [0, 0.05) is 0 Å². The SMILES string of the molecule is CSCCCOc1ccc2c(c1)[C@H](O)CCC2. The Morgan fingerprint density at radius 2 is 2.35 bits per heavy atom. The van der Waals surface area contributed by atoms with Gasteiger partial charge in [-0.3, -0.25) is 0 Å². The van der Waals surface area contributed by atoms with Gasteiger partial charge < -0.3 is 9.84 Å². The van der Waals surface area contributed by atoms with Crippen molar-refractivity contribution in [1.29, 1.82) is 0 Å². The van der Waals surface area contributed by atoms with E-state index in [4.69, 9.17) is 4.74 Å². The number of aliphatic hydroxyl groups excluding tert-OH is 1. The van der Waals surface area contributed by atoms with Gasteiger partial charge in [-0.2, -0.15) is 11.8 Å². The predicted octanol–water partition coefficient (Wildman–Crippen LogP) is 3.19. The normalized spacial score (nSPS) is 18.8. The molecule has 0 heterocycles. The second-order valence-corrected chi connectivity index (χ2v) is 5.45. The van der Waals surface area contributed by atoms with Crippen LogP contribution in [0.25, 0.3) is 0 Å². The van der Waals surface area contributed by atoms with E-state index >= 15 is 0 Å². The van der Waals surface area contributed by atoms with Crippen LogP contribution in [-0.4, -0.2) is 23.7 Å². The summed E-state index contributed by atoms with van der Waals surface area (Å²) < 4.78 is 5.70. The first-order valence-corrected chi connectivity index (χ1v) is 7.63. The fourth-order valence-electron chi connectivity index (χ4n) is 2.24. The summed E-state index contributed by atoms with van der Waals surface area (Å²) in [5.74, 6) is 2.03. The van der Waals surface area contributed by atoms with Gasteiger partial charge in [0.1, 0.15) is 5.75 Å². The van der Waals surface area contributed by atoms with E-state index in [0.29, 0.717) is 0 Å². The number of rotatable bonds is 5. The second-order valence-electron chi connectivity index (χ2n) is 4.46. The first-order valence-electron chi connectivity index (χ1n) is 6.24. The summed E-state index contributed by atoms with van der Waals surface area (Å²) in [6.45, 7) is 0.760. The Hall–Kier alpha value is -0.670. The van der Waals surface area contributed by atoms with Gasteiger partial charge in [-0.1, -0.05) is 6.07 Å². The predicted molar refractivity (Wildman–Crippen MR) is 72.8 cm³/mol. The summed E-state index contributed by atoms with van der Waals surface area (Å²) in [7, 11) is 0. The van der Waals surface area contributed by atoms with E-state index in [-0.39, 0.29) is 6.10 Å². The average molecular weight is 252 g/mol. The number of benzene rings is 1. The Kier molecular flexibility index (Phi) is 4.75. The zero-order valence-electron chi connectivity index (χ0n) is 10.3. The number of fused-ring (bicyclic) bond motifs is 1. The van der Waals surface area contributed by atoms with Crippen LogP contribution < -0.4 is 4.74 Å². The summed E-state index contributed by atoms with van der Waals surface area (Å²) in [6, 6.07) is 6.13. The largest absolute Gasteiger partial charge is 0.494 e. The van der Waals surface area contributed by atoms with Gasteiger partial charge in [-0.25, -0.2) is 0 Å². The molecule has 2 rings (SSSR count). The highest BCUT2D eigenvalue weighted by Crippen LogP contribution is 2.32. The molecule has 0 aliphatic heterocycles. The van der Waals surface area contributed by atoms with Crippen molar-refractivity contribution in [3.63, 3.8) is 0 Å². The summed E-state index contributed by atoms with van der Waals surface area (Å²) in [4.78, 5) is 0. The summed E-state index contributed by atoms with van der Waals surface area (Å²) in [6.07, 6.45) is 5.92. The number of hydrogen-bond acceptors (Lipinski definition) is 3. The third-order valence-corrected chi connectivity index (χ3v) is 3.86. The average Bonchev–Trinajstić information content (AvgIpc) is 2.36. The van der Waals surface area contributed by atoms with Crippen LogP contribution in [0, 0.1) is 0 Å². The van der Waals surface area contributed by atoms with Crippen LogP contribution in [0.1, 0.15) is 36.5 Å². The van der Waals surface area contributed by atoms with Crippen molar-refractivity contribution in [2.75, 3.05) is 18.6 Å². The van der Waals surface area contributed by atoms with Gasteiger partial charge in [-0.15, -0.1) is 0 Å². The molecule has 0 saturated heterocycles. The molecule has 2 nitrogen and oxygen atoms in total. The van der Waals surface area contributed by atoms with E-state index in [1.54, 1.807) is 0 Å². The Balaban J connectivity index is 1.97. The van der Waals surface area contributed by atoms with Crippen molar-refractivity contribution in [3.8, 4) is 5.75 Å². The van der Waals surface area contributed by atoms with Crippen molar-refractivity contribution < 1.29 is 9.84 Å². The second kappa shape index (κ2) is 6.31. The lowest BCUT2D eigenvalue weighted by atomic mass is 9.89. The molecule has 0 spiro atoms. The highest BCUT2D eigenvalue weighted by molar-refractivity contribution is 7.98. The minimum Gasteiger partial charge on any atom is -0.494 e. The Bertz CT molecular complexity index is 365. The molecule has 0 bridgehead atoms. The van der Waals surface area contributed by atoms with Gasteiger partial charge in [0.2, 0.25) is 0 Å². The fraction of sp³-hybridized carbons (Fsp3) is 0.571. The van der Waals surface area contributed by atoms with Crippen LogP contribution in [0.15, 0.2) is 18.2 Å². The molecule has 0 aromatic heterocycles. The van der Waals surface area contributed by atoms with Gasteiger partial charge in [0.05, 0.1) is 12.7 Å². The molecule has 17 heavy (non-hydrogen) atoms. The van der Waals surface area contributed by atoms with Crippen molar-refractivity contribution in [1.82, 2.24) is 0 Å². The Morgan fingerprint density at radius 1 is 1.47 bits per heavy atom. The fourth-order valence-corrected chi connectivity index (χ4v) is 2.64. The molecule has 1 atom stereocenters. The minimum absolute atomic E-state index is 0.298. The standard InChI is InChI=1S/C14H20O2S/c1-17-9-3-8-16-12-7-6-11-4-2-5-14(15)13(11)10-12/h6-7,10,14-15H,2-5,8-9H2,1H3/t14-/m1/s1.